The van der Waals surface area contributed by atoms with Gasteiger partial charge in [0, 0.05) is 17.7 Å². The molecule has 2 aromatic carbocycles. The Labute approximate surface area is 235 Å². The van der Waals surface area contributed by atoms with Crippen molar-refractivity contribution in [3.63, 3.8) is 0 Å². The molecule has 1 spiro atoms. The first-order chi connectivity index (χ1) is 19.7. The summed E-state index contributed by atoms with van der Waals surface area (Å²) in [6, 6.07) is 17.6. The molecule has 5 atom stereocenters. The number of nitrogens with one attached hydrogen (secondary N) is 2. The minimum Gasteiger partial charge on any atom is -0.465 e. The van der Waals surface area contributed by atoms with Crippen LogP contribution in [0.15, 0.2) is 82.5 Å². The monoisotopic (exact) mass is 585 g/mol. The Bertz CT molecular complexity index is 1510. The maximum Gasteiger partial charge on any atom is 0.459 e. The van der Waals surface area contributed by atoms with Crippen LogP contribution < -0.4 is 20.9 Å². The predicted molar refractivity (Wildman–Crippen MR) is 147 cm³/mol. The number of hydrogen-bond donors (Lipinski definition) is 3. The van der Waals surface area contributed by atoms with Gasteiger partial charge in [0.05, 0.1) is 19.3 Å². The fourth-order valence-electron chi connectivity index (χ4n) is 5.01. The van der Waals surface area contributed by atoms with Crippen molar-refractivity contribution in [3.05, 3.63) is 99.3 Å². The van der Waals surface area contributed by atoms with Gasteiger partial charge in [0.15, 0.2) is 0 Å². The van der Waals surface area contributed by atoms with Crippen LogP contribution in [-0.2, 0) is 29.8 Å². The minimum atomic E-state index is -4.28. The van der Waals surface area contributed by atoms with E-state index in [2.05, 4.69) is 10.1 Å². The number of carbonyl (C=O) groups is 1. The lowest BCUT2D eigenvalue weighted by Crippen LogP contribution is -2.40. The van der Waals surface area contributed by atoms with Crippen LogP contribution in [0.1, 0.15) is 31.6 Å². The molecule has 3 aromatic rings. The summed E-state index contributed by atoms with van der Waals surface area (Å²) < 4.78 is 38.3. The van der Waals surface area contributed by atoms with E-state index < -0.39 is 54.9 Å². The first kappa shape index (κ1) is 29.0. The van der Waals surface area contributed by atoms with Crippen molar-refractivity contribution in [2.45, 2.75) is 50.7 Å². The number of aliphatic hydroxyl groups is 1. The van der Waals surface area contributed by atoms with Crippen molar-refractivity contribution in [3.8, 4) is 5.75 Å². The van der Waals surface area contributed by atoms with Gasteiger partial charge in [-0.1, -0.05) is 48.5 Å². The highest BCUT2D eigenvalue weighted by atomic mass is 31.2. The summed E-state index contributed by atoms with van der Waals surface area (Å²) >= 11 is 0. The van der Waals surface area contributed by atoms with Crippen LogP contribution in [-0.4, -0.2) is 52.1 Å². The second kappa shape index (κ2) is 12.1. The van der Waals surface area contributed by atoms with Gasteiger partial charge in [-0.3, -0.25) is 23.7 Å². The minimum absolute atomic E-state index is 0.117. The number of para-hydroxylation sites is 1. The molecule has 12 nitrogen and oxygen atoms in total. The molecular weight excluding hydrogens is 553 g/mol. The Balaban J connectivity index is 1.38. The number of aromatic nitrogens is 2. The third-order valence-corrected chi connectivity index (χ3v) is 8.78. The van der Waals surface area contributed by atoms with E-state index in [1.165, 1.54) is 16.8 Å². The van der Waals surface area contributed by atoms with E-state index in [0.29, 0.717) is 12.8 Å². The van der Waals surface area contributed by atoms with Gasteiger partial charge < -0.3 is 19.1 Å². The van der Waals surface area contributed by atoms with Crippen molar-refractivity contribution in [2.24, 2.45) is 5.41 Å². The average Bonchev–Trinajstić information content (AvgIpc) is 3.71. The molecule has 1 aromatic heterocycles. The molecule has 5 rings (SSSR count). The van der Waals surface area contributed by atoms with Gasteiger partial charge >= 0.3 is 19.4 Å². The van der Waals surface area contributed by atoms with E-state index in [-0.39, 0.29) is 25.4 Å². The number of esters is 1. The van der Waals surface area contributed by atoms with Gasteiger partial charge in [-0.2, -0.15) is 5.09 Å². The van der Waals surface area contributed by atoms with Crippen molar-refractivity contribution in [1.29, 1.82) is 0 Å². The summed E-state index contributed by atoms with van der Waals surface area (Å²) in [7, 11) is -4.28. The Morgan fingerprint density at radius 1 is 1.15 bits per heavy atom. The first-order valence-electron chi connectivity index (χ1n) is 13.4. The number of H-pyrrole nitrogens is 1. The van der Waals surface area contributed by atoms with Crippen LogP contribution in [0, 0.1) is 5.41 Å². The van der Waals surface area contributed by atoms with Crippen LogP contribution in [0.5, 0.6) is 5.75 Å². The quantitative estimate of drug-likeness (QED) is 0.213. The number of aromatic amines is 1. The number of benzene rings is 2. The number of carbonyl (C=O) groups excluding carboxylic acids is 1. The van der Waals surface area contributed by atoms with Crippen LogP contribution in [0.3, 0.4) is 0 Å². The topological polar surface area (TPSA) is 158 Å². The van der Waals surface area contributed by atoms with Crippen LogP contribution in [0.2, 0.25) is 0 Å². The SMILES string of the molecule is CCOC(=O)[C@@H](Cc1ccccc1)NP(=O)(OC[C@H]1O[C@@H](n2ccc(=O)[nH]c2=O)C2(CC2)[C@@H]1O)Oc1ccccc1. The molecule has 1 aliphatic carbocycles. The zero-order valence-electron chi connectivity index (χ0n) is 22.4. The van der Waals surface area contributed by atoms with Gasteiger partial charge in [0.25, 0.3) is 5.56 Å². The molecule has 1 aliphatic heterocycles. The van der Waals surface area contributed by atoms with Crippen molar-refractivity contribution >= 4 is 13.7 Å². The average molecular weight is 586 g/mol. The standard InChI is InChI=1S/C28H32N3O9P/c1-2-37-25(34)21(17-19-9-5-3-6-10-19)30-41(36,40-20-11-7-4-8-12-20)38-18-22-24(33)28(14-15-28)26(39-22)31-16-13-23(32)29-27(31)35/h3-13,16,21-22,24,26,33H,2,14-15,17-18H2,1H3,(H,30,36)(H,29,32,35)/t21-,22-,24-,26-,41?/m1/s1. The molecule has 218 valence electrons. The second-order valence-corrected chi connectivity index (χ2v) is 11.7. The number of aliphatic hydroxyl groups excluding tert-OH is 1. The smallest absolute Gasteiger partial charge is 0.459 e. The van der Waals surface area contributed by atoms with Crippen LogP contribution in [0.25, 0.3) is 0 Å². The lowest BCUT2D eigenvalue weighted by atomic mass is 9.96. The number of hydrogen-bond acceptors (Lipinski definition) is 9. The fraction of sp³-hybridized carbons (Fsp3) is 0.393. The summed E-state index contributed by atoms with van der Waals surface area (Å²) in [6.45, 7) is 1.41. The number of ether oxygens (including phenoxy) is 2. The number of nitrogens with zero attached hydrogens (tertiary/aromatic N) is 1. The highest BCUT2D eigenvalue weighted by molar-refractivity contribution is 7.52. The fourth-order valence-corrected chi connectivity index (χ4v) is 6.51. The molecule has 2 aliphatic rings. The summed E-state index contributed by atoms with van der Waals surface area (Å²) in [4.78, 5) is 39.1. The normalized spacial score (nSPS) is 23.0. The van der Waals surface area contributed by atoms with Crippen molar-refractivity contribution < 1.29 is 33.0 Å². The zero-order valence-corrected chi connectivity index (χ0v) is 23.3. The van der Waals surface area contributed by atoms with Gasteiger partial charge in [0.2, 0.25) is 0 Å². The van der Waals surface area contributed by atoms with Crippen molar-refractivity contribution in [2.75, 3.05) is 13.2 Å². The number of rotatable bonds is 12. The molecule has 0 bridgehead atoms. The van der Waals surface area contributed by atoms with Gasteiger partial charge in [-0.05, 0) is 43.9 Å². The Hall–Kier alpha value is -3.54. The molecule has 13 heteroatoms. The maximum atomic E-state index is 14.2. The molecule has 1 unspecified atom stereocenters. The Morgan fingerprint density at radius 3 is 2.46 bits per heavy atom. The maximum absolute atomic E-state index is 14.2. The Kier molecular flexibility index (Phi) is 8.58. The zero-order chi connectivity index (χ0) is 29.0. The molecule has 0 amide bonds. The van der Waals surface area contributed by atoms with Gasteiger partial charge in [-0.15, -0.1) is 0 Å². The Morgan fingerprint density at radius 2 is 1.83 bits per heavy atom. The summed E-state index contributed by atoms with van der Waals surface area (Å²) in [5.41, 5.74) is -1.18. The van der Waals surface area contributed by atoms with Gasteiger partial charge in [0.1, 0.15) is 24.1 Å². The highest BCUT2D eigenvalue weighted by Gasteiger charge is 2.64. The first-order valence-corrected chi connectivity index (χ1v) is 14.9. The van der Waals surface area contributed by atoms with E-state index in [9.17, 15) is 24.1 Å². The molecule has 1 saturated heterocycles. The molecule has 2 fully saturated rings. The highest BCUT2D eigenvalue weighted by Crippen LogP contribution is 2.62. The van der Waals surface area contributed by atoms with E-state index in [4.69, 9.17) is 18.5 Å². The summed E-state index contributed by atoms with van der Waals surface area (Å²) in [5, 5.41) is 13.9. The van der Waals surface area contributed by atoms with Crippen molar-refractivity contribution in [1.82, 2.24) is 14.6 Å². The molecule has 1 saturated carbocycles. The summed E-state index contributed by atoms with van der Waals surface area (Å²) in [6.07, 6.45) is -0.261. The van der Waals surface area contributed by atoms with Crippen LogP contribution in [0.4, 0.5) is 0 Å². The molecule has 3 N–H and O–H groups in total. The lowest BCUT2D eigenvalue weighted by molar-refractivity contribution is -0.145. The van der Waals surface area contributed by atoms with E-state index >= 15 is 0 Å². The predicted octanol–water partition coefficient (Wildman–Crippen LogP) is 2.54. The van der Waals surface area contributed by atoms with E-state index in [0.717, 1.165) is 5.56 Å². The third kappa shape index (κ3) is 6.52. The van der Waals surface area contributed by atoms with Gasteiger partial charge in [-0.25, -0.2) is 9.36 Å². The molecule has 2 heterocycles. The van der Waals surface area contributed by atoms with Crippen LogP contribution >= 0.6 is 7.75 Å². The second-order valence-electron chi connectivity index (χ2n) is 10.0. The summed E-state index contributed by atoms with van der Waals surface area (Å²) in [5.74, 6) is -0.404. The molecule has 0 radical (unpaired) electrons. The largest absolute Gasteiger partial charge is 0.465 e. The molecular formula is C28H32N3O9P. The molecule has 41 heavy (non-hydrogen) atoms. The van der Waals surface area contributed by atoms with E-state index in [1.54, 1.807) is 37.3 Å². The lowest BCUT2D eigenvalue weighted by Gasteiger charge is -2.26. The third-order valence-electron chi connectivity index (χ3n) is 7.21. The van der Waals surface area contributed by atoms with E-state index in [1.807, 2.05) is 30.3 Å².